The van der Waals surface area contributed by atoms with E-state index in [0.29, 0.717) is 5.56 Å². The second-order valence-electron chi connectivity index (χ2n) is 4.21. The Kier molecular flexibility index (Phi) is 3.78. The van der Waals surface area contributed by atoms with Gasteiger partial charge in [0.2, 0.25) is 0 Å². The van der Waals surface area contributed by atoms with Crippen molar-refractivity contribution in [2.75, 3.05) is 4.72 Å². The molecule has 0 saturated heterocycles. The minimum atomic E-state index is -3.82. The van der Waals surface area contributed by atoms with Crippen LogP contribution in [-0.4, -0.2) is 24.5 Å². The molecule has 0 aliphatic carbocycles. The van der Waals surface area contributed by atoms with Crippen molar-refractivity contribution in [2.45, 2.75) is 18.1 Å². The number of aromatic carboxylic acids is 1. The summed E-state index contributed by atoms with van der Waals surface area (Å²) in [5, 5.41) is 8.95. The Hall–Kier alpha value is -1.93. The number of aromatic nitrogens is 1. The number of carbonyl (C=O) groups is 1. The van der Waals surface area contributed by atoms with Crippen molar-refractivity contribution in [1.82, 2.24) is 4.98 Å². The summed E-state index contributed by atoms with van der Waals surface area (Å²) in [4.78, 5) is 14.9. The molecule has 2 rings (SSSR count). The van der Waals surface area contributed by atoms with Crippen LogP contribution in [0.3, 0.4) is 0 Å². The van der Waals surface area contributed by atoms with E-state index in [1.165, 1.54) is 6.07 Å². The third-order valence-electron chi connectivity index (χ3n) is 2.50. The van der Waals surface area contributed by atoms with Crippen molar-refractivity contribution in [2.24, 2.45) is 0 Å². The lowest BCUT2D eigenvalue weighted by Gasteiger charge is -2.05. The maximum Gasteiger partial charge on any atom is 0.346 e. The molecule has 0 radical (unpaired) electrons. The summed E-state index contributed by atoms with van der Waals surface area (Å²) in [7, 11) is -3.82. The number of nitrogens with zero attached hydrogens (tertiary/aromatic N) is 1. The highest BCUT2D eigenvalue weighted by Crippen LogP contribution is 2.27. The second-order valence-corrected chi connectivity index (χ2v) is 7.17. The van der Waals surface area contributed by atoms with Gasteiger partial charge in [-0.25, -0.2) is 18.2 Å². The lowest BCUT2D eigenvalue weighted by Crippen LogP contribution is -2.12. The maximum absolute atomic E-state index is 12.1. The highest BCUT2D eigenvalue weighted by molar-refractivity contribution is 7.94. The number of pyridine rings is 1. The van der Waals surface area contributed by atoms with Crippen LogP contribution >= 0.6 is 11.3 Å². The molecular weight excluding hydrogens is 300 g/mol. The molecule has 8 heteroatoms. The van der Waals surface area contributed by atoms with Crippen LogP contribution in [0.4, 0.5) is 5.82 Å². The molecule has 0 amide bonds. The molecule has 0 unspecified atom stereocenters. The van der Waals surface area contributed by atoms with Gasteiger partial charge in [0, 0.05) is 6.20 Å². The van der Waals surface area contributed by atoms with Crippen LogP contribution in [0.25, 0.3) is 0 Å². The summed E-state index contributed by atoms with van der Waals surface area (Å²) in [5.74, 6) is -0.944. The topological polar surface area (TPSA) is 96.4 Å². The molecular formula is C12H12N2O4S2. The Bertz CT molecular complexity index is 748. The summed E-state index contributed by atoms with van der Waals surface area (Å²) in [6, 6.07) is 4.61. The number of aryl methyl sites for hydroxylation is 2. The molecule has 0 aliphatic rings. The first-order chi connectivity index (χ1) is 9.29. The fourth-order valence-electron chi connectivity index (χ4n) is 1.51. The van der Waals surface area contributed by atoms with Crippen molar-refractivity contribution in [1.29, 1.82) is 0 Å². The Morgan fingerprint density at radius 1 is 1.35 bits per heavy atom. The van der Waals surface area contributed by atoms with E-state index >= 15 is 0 Å². The highest BCUT2D eigenvalue weighted by Gasteiger charge is 2.22. The van der Waals surface area contributed by atoms with Crippen molar-refractivity contribution in [3.63, 3.8) is 0 Å². The molecule has 0 bridgehead atoms. The van der Waals surface area contributed by atoms with E-state index in [0.717, 1.165) is 16.9 Å². The minimum absolute atomic E-state index is 0.0160. The third-order valence-corrected chi connectivity index (χ3v) is 5.56. The summed E-state index contributed by atoms with van der Waals surface area (Å²) in [6.07, 6.45) is 1.54. The number of anilines is 1. The smallest absolute Gasteiger partial charge is 0.346 e. The van der Waals surface area contributed by atoms with Gasteiger partial charge in [0.1, 0.15) is 14.9 Å². The minimum Gasteiger partial charge on any atom is -0.477 e. The molecule has 0 spiro atoms. The van der Waals surface area contributed by atoms with E-state index in [-0.39, 0.29) is 14.9 Å². The average Bonchev–Trinajstić information content (AvgIpc) is 2.75. The SMILES string of the molecule is Cc1ccc(NS(=O)(=O)c2cc(C)c(C(=O)O)s2)nc1. The molecule has 2 aromatic heterocycles. The molecule has 0 aliphatic heterocycles. The summed E-state index contributed by atoms with van der Waals surface area (Å²) < 4.78 is 26.6. The summed E-state index contributed by atoms with van der Waals surface area (Å²) in [5.41, 5.74) is 1.33. The van der Waals surface area contributed by atoms with Crippen LogP contribution < -0.4 is 4.72 Å². The predicted octanol–water partition coefficient (Wildman–Crippen LogP) is 2.26. The van der Waals surface area contributed by atoms with Crippen LogP contribution in [0.15, 0.2) is 28.6 Å². The zero-order valence-corrected chi connectivity index (χ0v) is 12.4. The van der Waals surface area contributed by atoms with Gasteiger partial charge in [-0.15, -0.1) is 11.3 Å². The number of rotatable bonds is 4. The average molecular weight is 312 g/mol. The molecule has 106 valence electrons. The van der Waals surface area contributed by atoms with Crippen LogP contribution in [0.1, 0.15) is 20.8 Å². The fourth-order valence-corrected chi connectivity index (χ4v) is 3.90. The van der Waals surface area contributed by atoms with Gasteiger partial charge in [0.25, 0.3) is 10.0 Å². The van der Waals surface area contributed by atoms with E-state index in [1.54, 1.807) is 25.3 Å². The van der Waals surface area contributed by atoms with Crippen molar-refractivity contribution in [3.8, 4) is 0 Å². The number of sulfonamides is 1. The quantitative estimate of drug-likeness (QED) is 0.902. The monoisotopic (exact) mass is 312 g/mol. The van der Waals surface area contributed by atoms with Crippen LogP contribution in [0, 0.1) is 13.8 Å². The molecule has 20 heavy (non-hydrogen) atoms. The second kappa shape index (κ2) is 5.22. The normalized spacial score (nSPS) is 11.3. The molecule has 2 heterocycles. The van der Waals surface area contributed by atoms with Crippen LogP contribution in [0.2, 0.25) is 0 Å². The van der Waals surface area contributed by atoms with Gasteiger partial charge in [-0.2, -0.15) is 0 Å². The predicted molar refractivity (Wildman–Crippen MR) is 75.8 cm³/mol. The van der Waals surface area contributed by atoms with Crippen molar-refractivity contribution in [3.05, 3.63) is 40.4 Å². The van der Waals surface area contributed by atoms with Crippen LogP contribution in [0.5, 0.6) is 0 Å². The van der Waals surface area contributed by atoms with Crippen molar-refractivity contribution >= 4 is 33.1 Å². The zero-order valence-electron chi connectivity index (χ0n) is 10.7. The van der Waals surface area contributed by atoms with Gasteiger partial charge in [-0.1, -0.05) is 6.07 Å². The molecule has 0 atom stereocenters. The first-order valence-electron chi connectivity index (χ1n) is 5.59. The Morgan fingerprint density at radius 2 is 2.05 bits per heavy atom. The van der Waals surface area contributed by atoms with Gasteiger partial charge in [0.15, 0.2) is 0 Å². The number of thiophene rings is 1. The van der Waals surface area contributed by atoms with Gasteiger partial charge >= 0.3 is 5.97 Å². The van der Waals surface area contributed by atoms with Crippen LogP contribution in [-0.2, 0) is 10.0 Å². The first kappa shape index (κ1) is 14.5. The largest absolute Gasteiger partial charge is 0.477 e. The molecule has 0 saturated carbocycles. The zero-order chi connectivity index (χ0) is 14.9. The summed E-state index contributed by atoms with van der Waals surface area (Å²) in [6.45, 7) is 3.40. The Balaban J connectivity index is 2.33. The van der Waals surface area contributed by atoms with E-state index in [9.17, 15) is 13.2 Å². The maximum atomic E-state index is 12.1. The van der Waals surface area contributed by atoms with Gasteiger partial charge in [0.05, 0.1) is 0 Å². The molecule has 0 fully saturated rings. The standard InChI is InChI=1S/C12H12N2O4S2/c1-7-3-4-9(13-6-7)14-20(17,18)10-5-8(2)11(19-10)12(15)16/h3-6H,1-2H3,(H,13,14)(H,15,16). The number of carboxylic acid groups (broad SMARTS) is 1. The lowest BCUT2D eigenvalue weighted by molar-refractivity contribution is 0.0701. The first-order valence-corrected chi connectivity index (χ1v) is 7.89. The molecule has 6 nitrogen and oxygen atoms in total. The Morgan fingerprint density at radius 3 is 2.55 bits per heavy atom. The number of hydrogen-bond donors (Lipinski definition) is 2. The van der Waals surface area contributed by atoms with E-state index < -0.39 is 16.0 Å². The molecule has 2 N–H and O–H groups in total. The molecule has 2 aromatic rings. The lowest BCUT2D eigenvalue weighted by atomic mass is 10.3. The highest BCUT2D eigenvalue weighted by atomic mass is 32.2. The van der Waals surface area contributed by atoms with Gasteiger partial charge in [-0.05, 0) is 37.1 Å². The number of carboxylic acids is 1. The fraction of sp³-hybridized carbons (Fsp3) is 0.167. The van der Waals surface area contributed by atoms with Crippen molar-refractivity contribution < 1.29 is 18.3 Å². The van der Waals surface area contributed by atoms with E-state index in [2.05, 4.69) is 9.71 Å². The van der Waals surface area contributed by atoms with E-state index in [1.807, 2.05) is 6.92 Å². The Labute approximate surface area is 120 Å². The van der Waals surface area contributed by atoms with Gasteiger partial charge < -0.3 is 5.11 Å². The summed E-state index contributed by atoms with van der Waals surface area (Å²) >= 11 is 0.719. The number of hydrogen-bond acceptors (Lipinski definition) is 5. The van der Waals surface area contributed by atoms with Gasteiger partial charge in [-0.3, -0.25) is 4.72 Å². The third kappa shape index (κ3) is 2.97. The molecule has 0 aromatic carbocycles. The van der Waals surface area contributed by atoms with E-state index in [4.69, 9.17) is 5.11 Å². The number of nitrogens with one attached hydrogen (secondary N) is 1.